The van der Waals surface area contributed by atoms with Crippen molar-refractivity contribution in [3.63, 3.8) is 0 Å². The average Bonchev–Trinajstić information content (AvgIpc) is 3.25. The summed E-state index contributed by atoms with van der Waals surface area (Å²) >= 11 is 0. The molecule has 0 spiro atoms. The second kappa shape index (κ2) is 8.41. The third-order valence-electron chi connectivity index (χ3n) is 6.24. The Bertz CT molecular complexity index is 811. The molecule has 0 radical (unpaired) electrons. The van der Waals surface area contributed by atoms with E-state index in [9.17, 15) is 4.79 Å². The minimum Gasteiger partial charge on any atom is -0.384 e. The lowest BCUT2D eigenvalue weighted by Crippen LogP contribution is -2.36. The maximum absolute atomic E-state index is 12.9. The minimum absolute atomic E-state index is 0.165. The molecule has 5 heteroatoms. The number of likely N-dealkylation sites (tertiary alicyclic amines) is 2. The maximum atomic E-state index is 12.9. The van der Waals surface area contributed by atoms with Crippen LogP contribution in [-0.4, -0.2) is 54.0 Å². The number of amides is 1. The number of ether oxygens (including phenoxy) is 1. The number of rotatable bonds is 6. The molecule has 148 valence electrons. The van der Waals surface area contributed by atoms with Gasteiger partial charge in [-0.15, -0.1) is 0 Å². The van der Waals surface area contributed by atoms with Crippen LogP contribution < -0.4 is 0 Å². The van der Waals surface area contributed by atoms with Gasteiger partial charge in [-0.2, -0.15) is 0 Å². The molecule has 2 aliphatic rings. The number of carbonyl (C=O) groups excluding carboxylic acids is 1. The van der Waals surface area contributed by atoms with E-state index in [-0.39, 0.29) is 11.9 Å². The number of methoxy groups -OCH3 is 1. The number of fused-ring (bicyclic) bond motifs is 1. The van der Waals surface area contributed by atoms with E-state index in [4.69, 9.17) is 4.74 Å². The number of pyridine rings is 1. The summed E-state index contributed by atoms with van der Waals surface area (Å²) in [6.07, 6.45) is 4.18. The number of carbonyl (C=O) groups is 1. The molecule has 0 bridgehead atoms. The quantitative estimate of drug-likeness (QED) is 0.774. The van der Waals surface area contributed by atoms with Gasteiger partial charge >= 0.3 is 0 Å². The molecule has 28 heavy (non-hydrogen) atoms. The summed E-state index contributed by atoms with van der Waals surface area (Å²) in [4.78, 5) is 21.7. The summed E-state index contributed by atoms with van der Waals surface area (Å²) in [6.45, 7) is 6.51. The first kappa shape index (κ1) is 19.1. The van der Waals surface area contributed by atoms with Crippen molar-refractivity contribution in [1.29, 1.82) is 0 Å². The second-order valence-electron chi connectivity index (χ2n) is 8.06. The highest BCUT2D eigenvalue weighted by Crippen LogP contribution is 2.46. The van der Waals surface area contributed by atoms with Crippen LogP contribution in [0.1, 0.15) is 29.2 Å². The first-order valence-electron chi connectivity index (χ1n) is 10.1. The van der Waals surface area contributed by atoms with E-state index in [2.05, 4.69) is 58.1 Å². The molecule has 0 unspecified atom stereocenters. The van der Waals surface area contributed by atoms with E-state index in [0.29, 0.717) is 24.9 Å². The van der Waals surface area contributed by atoms with E-state index < -0.39 is 0 Å². The Labute approximate surface area is 167 Å². The van der Waals surface area contributed by atoms with Gasteiger partial charge in [0.25, 0.3) is 0 Å². The van der Waals surface area contributed by atoms with E-state index in [1.54, 1.807) is 7.11 Å². The second-order valence-corrected chi connectivity index (χ2v) is 8.06. The highest BCUT2D eigenvalue weighted by atomic mass is 16.5. The highest BCUT2D eigenvalue weighted by molar-refractivity contribution is 5.77. The van der Waals surface area contributed by atoms with E-state index in [0.717, 1.165) is 26.2 Å². The molecule has 1 amide bonds. The predicted molar refractivity (Wildman–Crippen MR) is 109 cm³/mol. The molecule has 1 aromatic carbocycles. The zero-order valence-electron chi connectivity index (χ0n) is 16.8. The standard InChI is InChI=1S/C23H29N3O2/c1-17-5-3-4-6-20(17)23-21-16-25(13-18-7-10-24-11-8-18)14-19(21)15-26(23)22(27)9-12-28-2/h3-8,10-11,19,21,23H,9,12-16H2,1-2H3/t19-,21-,23-/m0/s1. The average molecular weight is 380 g/mol. The van der Waals surface area contributed by atoms with Crippen molar-refractivity contribution in [1.82, 2.24) is 14.8 Å². The molecule has 3 atom stereocenters. The van der Waals surface area contributed by atoms with Crippen LogP contribution in [0.5, 0.6) is 0 Å². The van der Waals surface area contributed by atoms with Crippen LogP contribution in [0.15, 0.2) is 48.8 Å². The van der Waals surface area contributed by atoms with Crippen molar-refractivity contribution in [3.8, 4) is 0 Å². The van der Waals surface area contributed by atoms with E-state index in [1.807, 2.05) is 12.4 Å². The van der Waals surface area contributed by atoms with Gasteiger partial charge in [0.05, 0.1) is 19.1 Å². The lowest BCUT2D eigenvalue weighted by Gasteiger charge is -2.31. The van der Waals surface area contributed by atoms with Crippen molar-refractivity contribution in [3.05, 3.63) is 65.5 Å². The lowest BCUT2D eigenvalue weighted by molar-refractivity contribution is -0.133. The Morgan fingerprint density at radius 3 is 2.68 bits per heavy atom. The summed E-state index contributed by atoms with van der Waals surface area (Å²) in [5, 5.41) is 0. The number of benzene rings is 1. The van der Waals surface area contributed by atoms with Crippen LogP contribution in [0.25, 0.3) is 0 Å². The molecule has 1 aromatic heterocycles. The zero-order valence-corrected chi connectivity index (χ0v) is 16.8. The summed E-state index contributed by atoms with van der Waals surface area (Å²) in [6, 6.07) is 12.9. The third-order valence-corrected chi connectivity index (χ3v) is 6.24. The summed E-state index contributed by atoms with van der Waals surface area (Å²) in [5.74, 6) is 1.22. The Morgan fingerprint density at radius 2 is 1.93 bits per heavy atom. The fraction of sp³-hybridized carbons (Fsp3) is 0.478. The molecule has 2 aliphatic heterocycles. The molecule has 4 rings (SSSR count). The molecule has 0 saturated carbocycles. The van der Waals surface area contributed by atoms with Crippen molar-refractivity contribution in [2.75, 3.05) is 33.4 Å². The molecular weight excluding hydrogens is 350 g/mol. The van der Waals surface area contributed by atoms with Gasteiger partial charge in [-0.3, -0.25) is 14.7 Å². The fourth-order valence-electron chi connectivity index (χ4n) is 4.92. The largest absolute Gasteiger partial charge is 0.384 e. The van der Waals surface area contributed by atoms with Gasteiger partial charge in [0.1, 0.15) is 0 Å². The Morgan fingerprint density at radius 1 is 1.14 bits per heavy atom. The molecule has 0 N–H and O–H groups in total. The van der Waals surface area contributed by atoms with E-state index >= 15 is 0 Å². The molecular formula is C23H29N3O2. The Hall–Kier alpha value is -2.24. The van der Waals surface area contributed by atoms with Crippen LogP contribution in [0, 0.1) is 18.8 Å². The van der Waals surface area contributed by atoms with Crippen molar-refractivity contribution < 1.29 is 9.53 Å². The van der Waals surface area contributed by atoms with Crippen LogP contribution in [0.3, 0.4) is 0 Å². The third kappa shape index (κ3) is 3.82. The highest BCUT2D eigenvalue weighted by Gasteiger charge is 2.49. The Balaban J connectivity index is 1.55. The first-order valence-corrected chi connectivity index (χ1v) is 10.1. The zero-order chi connectivity index (χ0) is 19.5. The normalized spacial score (nSPS) is 24.5. The maximum Gasteiger partial charge on any atom is 0.225 e. The summed E-state index contributed by atoms with van der Waals surface area (Å²) in [5.41, 5.74) is 3.87. The van der Waals surface area contributed by atoms with Crippen molar-refractivity contribution >= 4 is 5.91 Å². The Kier molecular flexibility index (Phi) is 5.74. The monoisotopic (exact) mass is 379 g/mol. The summed E-state index contributed by atoms with van der Waals surface area (Å²) in [7, 11) is 1.65. The fourth-order valence-corrected chi connectivity index (χ4v) is 4.92. The number of aromatic nitrogens is 1. The molecule has 2 aromatic rings. The van der Waals surface area contributed by atoms with Crippen LogP contribution >= 0.6 is 0 Å². The molecule has 0 aliphatic carbocycles. The van der Waals surface area contributed by atoms with Crippen LogP contribution in [0.2, 0.25) is 0 Å². The van der Waals surface area contributed by atoms with Gasteiger partial charge in [-0.05, 0) is 41.7 Å². The van der Waals surface area contributed by atoms with Crippen molar-refractivity contribution in [2.24, 2.45) is 11.8 Å². The lowest BCUT2D eigenvalue weighted by atomic mass is 9.87. The molecule has 5 nitrogen and oxygen atoms in total. The van der Waals surface area contributed by atoms with Crippen LogP contribution in [0.4, 0.5) is 0 Å². The molecule has 3 heterocycles. The SMILES string of the molecule is COCCC(=O)N1C[C@@H]2CN(Cc3ccncc3)C[C@@H]2[C@@H]1c1ccccc1C. The van der Waals surface area contributed by atoms with Gasteiger partial charge in [0.15, 0.2) is 0 Å². The number of hydrogen-bond donors (Lipinski definition) is 0. The van der Waals surface area contributed by atoms with Crippen molar-refractivity contribution in [2.45, 2.75) is 25.9 Å². The number of aryl methyl sites for hydroxylation is 1. The van der Waals surface area contributed by atoms with Gasteiger partial charge in [0, 0.05) is 51.6 Å². The van der Waals surface area contributed by atoms with Gasteiger partial charge in [0.2, 0.25) is 5.91 Å². The van der Waals surface area contributed by atoms with Gasteiger partial charge in [-0.1, -0.05) is 24.3 Å². The summed E-state index contributed by atoms with van der Waals surface area (Å²) < 4.78 is 5.15. The van der Waals surface area contributed by atoms with Gasteiger partial charge in [-0.25, -0.2) is 0 Å². The number of nitrogens with zero attached hydrogens (tertiary/aromatic N) is 3. The van der Waals surface area contributed by atoms with E-state index in [1.165, 1.54) is 16.7 Å². The minimum atomic E-state index is 0.165. The predicted octanol–water partition coefficient (Wildman–Crippen LogP) is 3.06. The number of hydrogen-bond acceptors (Lipinski definition) is 4. The topological polar surface area (TPSA) is 45.7 Å². The molecule has 2 saturated heterocycles. The van der Waals surface area contributed by atoms with Crippen LogP contribution in [-0.2, 0) is 16.1 Å². The van der Waals surface area contributed by atoms with Gasteiger partial charge < -0.3 is 9.64 Å². The molecule has 2 fully saturated rings. The first-order chi connectivity index (χ1) is 13.7. The smallest absolute Gasteiger partial charge is 0.225 e.